The van der Waals surface area contributed by atoms with E-state index in [-0.39, 0.29) is 0 Å². The van der Waals surface area contributed by atoms with Crippen molar-refractivity contribution in [2.45, 2.75) is 44.2 Å². The second kappa shape index (κ2) is 7.77. The number of hydrogen-bond donors (Lipinski definition) is 1. The van der Waals surface area contributed by atoms with E-state index in [4.69, 9.17) is 14.5 Å². The largest absolute Gasteiger partial charge is 0.497 e. The zero-order valence-electron chi connectivity index (χ0n) is 13.1. The highest BCUT2D eigenvalue weighted by atomic mass is 32.2. The zero-order chi connectivity index (χ0) is 15.2. The van der Waals surface area contributed by atoms with E-state index in [2.05, 4.69) is 5.32 Å². The summed E-state index contributed by atoms with van der Waals surface area (Å²) in [6.07, 6.45) is 6.23. The highest BCUT2D eigenvalue weighted by Gasteiger charge is 2.30. The van der Waals surface area contributed by atoms with Crippen molar-refractivity contribution in [1.29, 1.82) is 0 Å². The Labute approximate surface area is 136 Å². The summed E-state index contributed by atoms with van der Waals surface area (Å²) in [5.41, 5.74) is 0. The van der Waals surface area contributed by atoms with Gasteiger partial charge in [-0.1, -0.05) is 24.6 Å². The van der Waals surface area contributed by atoms with E-state index in [0.29, 0.717) is 12.1 Å². The van der Waals surface area contributed by atoms with Crippen molar-refractivity contribution in [1.82, 2.24) is 5.32 Å². The van der Waals surface area contributed by atoms with Crippen molar-refractivity contribution >= 4 is 16.9 Å². The van der Waals surface area contributed by atoms with Gasteiger partial charge in [-0.2, -0.15) is 0 Å². The molecule has 0 aromatic heterocycles. The quantitative estimate of drug-likeness (QED) is 0.815. The predicted octanol–water partition coefficient (Wildman–Crippen LogP) is 3.47. The van der Waals surface area contributed by atoms with E-state index in [1.54, 1.807) is 7.11 Å². The van der Waals surface area contributed by atoms with Gasteiger partial charge in [0.2, 0.25) is 0 Å². The minimum Gasteiger partial charge on any atom is -0.497 e. The summed E-state index contributed by atoms with van der Waals surface area (Å²) >= 11 is 1.83. The van der Waals surface area contributed by atoms with Gasteiger partial charge in [-0.25, -0.2) is 0 Å². The molecular weight excluding hydrogens is 296 g/mol. The minimum absolute atomic E-state index is 0.534. The van der Waals surface area contributed by atoms with Crippen LogP contribution in [0.3, 0.4) is 0 Å². The molecule has 0 saturated heterocycles. The van der Waals surface area contributed by atoms with Gasteiger partial charge in [-0.05, 0) is 43.5 Å². The maximum Gasteiger partial charge on any atom is 0.157 e. The molecule has 120 valence electrons. The summed E-state index contributed by atoms with van der Waals surface area (Å²) in [5, 5.41) is 4.71. The van der Waals surface area contributed by atoms with Gasteiger partial charge in [0, 0.05) is 5.75 Å². The molecule has 0 radical (unpaired) electrons. The summed E-state index contributed by atoms with van der Waals surface area (Å²) < 4.78 is 10.9. The summed E-state index contributed by atoms with van der Waals surface area (Å²) in [5.74, 6) is 2.80. The molecule has 0 unspecified atom stereocenters. The molecule has 1 heterocycles. The first-order valence-corrected chi connectivity index (χ1v) is 9.08. The normalized spacial score (nSPS) is 23.4. The molecule has 1 N–H and O–H groups in total. The van der Waals surface area contributed by atoms with Gasteiger partial charge >= 0.3 is 0 Å². The monoisotopic (exact) mass is 320 g/mol. The summed E-state index contributed by atoms with van der Waals surface area (Å²) in [7, 11) is 1.67. The van der Waals surface area contributed by atoms with Crippen molar-refractivity contribution in [3.05, 3.63) is 24.3 Å². The van der Waals surface area contributed by atoms with E-state index in [0.717, 1.165) is 35.4 Å². The minimum atomic E-state index is 0.534. The first-order valence-electron chi connectivity index (χ1n) is 8.09. The van der Waals surface area contributed by atoms with Gasteiger partial charge in [0.15, 0.2) is 5.17 Å². The van der Waals surface area contributed by atoms with E-state index >= 15 is 0 Å². The first-order chi connectivity index (χ1) is 10.8. The van der Waals surface area contributed by atoms with Gasteiger partial charge in [-0.15, -0.1) is 0 Å². The van der Waals surface area contributed by atoms with Gasteiger partial charge in [0.1, 0.15) is 11.5 Å². The van der Waals surface area contributed by atoms with E-state index in [9.17, 15) is 0 Å². The molecule has 3 rings (SSSR count). The number of benzene rings is 1. The first kappa shape index (κ1) is 15.5. The Bertz CT molecular complexity index is 504. The smallest absolute Gasteiger partial charge is 0.157 e. The molecule has 2 atom stereocenters. The van der Waals surface area contributed by atoms with Crippen LogP contribution in [0.1, 0.15) is 32.1 Å². The Morgan fingerprint density at radius 3 is 2.73 bits per heavy atom. The molecule has 4 nitrogen and oxygen atoms in total. The van der Waals surface area contributed by atoms with Crippen LogP contribution >= 0.6 is 11.8 Å². The molecule has 1 aliphatic heterocycles. The van der Waals surface area contributed by atoms with Crippen LogP contribution in [0, 0.1) is 0 Å². The molecule has 5 heteroatoms. The Balaban J connectivity index is 1.32. The van der Waals surface area contributed by atoms with Crippen molar-refractivity contribution < 1.29 is 9.47 Å². The number of amidine groups is 1. The van der Waals surface area contributed by atoms with E-state index < -0.39 is 0 Å². The van der Waals surface area contributed by atoms with Gasteiger partial charge < -0.3 is 14.8 Å². The number of fused-ring (bicyclic) bond motifs is 1. The highest BCUT2D eigenvalue weighted by molar-refractivity contribution is 8.13. The number of thioether (sulfide) groups is 1. The van der Waals surface area contributed by atoms with Crippen LogP contribution in [0.25, 0.3) is 0 Å². The molecule has 2 aliphatic rings. The molecule has 1 aromatic rings. The fraction of sp³-hybridized carbons (Fsp3) is 0.588. The third-order valence-electron chi connectivity index (χ3n) is 4.18. The Morgan fingerprint density at radius 2 is 1.95 bits per heavy atom. The molecular formula is C17H24N2O2S. The van der Waals surface area contributed by atoms with Crippen LogP contribution < -0.4 is 14.8 Å². The SMILES string of the molecule is COc1ccc(OCCCSC2=N[C@@H]3CCCC[C@H]3N2)cc1. The summed E-state index contributed by atoms with van der Waals surface area (Å²) in [6.45, 7) is 0.736. The number of hydrogen-bond acceptors (Lipinski definition) is 5. The maximum atomic E-state index is 5.74. The number of nitrogens with one attached hydrogen (secondary N) is 1. The third kappa shape index (κ3) is 4.09. The average molecular weight is 320 g/mol. The highest BCUT2D eigenvalue weighted by Crippen LogP contribution is 2.27. The van der Waals surface area contributed by atoms with Crippen LogP contribution in [0.15, 0.2) is 29.3 Å². The number of rotatable bonds is 6. The van der Waals surface area contributed by atoms with Gasteiger partial charge in [-0.3, -0.25) is 4.99 Å². The molecule has 22 heavy (non-hydrogen) atoms. The third-order valence-corrected chi connectivity index (χ3v) is 5.17. The summed E-state index contributed by atoms with van der Waals surface area (Å²) in [6, 6.07) is 8.86. The summed E-state index contributed by atoms with van der Waals surface area (Å²) in [4.78, 5) is 4.80. The Morgan fingerprint density at radius 1 is 1.18 bits per heavy atom. The molecule has 1 fully saturated rings. The number of aliphatic imine (C=N–C) groups is 1. The van der Waals surface area contributed by atoms with Crippen LogP contribution in [0.2, 0.25) is 0 Å². The average Bonchev–Trinajstić information content (AvgIpc) is 2.98. The van der Waals surface area contributed by atoms with E-state index in [1.165, 1.54) is 25.7 Å². The lowest BCUT2D eigenvalue weighted by Gasteiger charge is -2.23. The molecule has 1 saturated carbocycles. The Kier molecular flexibility index (Phi) is 5.48. The maximum absolute atomic E-state index is 5.74. The second-order valence-electron chi connectivity index (χ2n) is 5.76. The zero-order valence-corrected chi connectivity index (χ0v) is 13.9. The van der Waals surface area contributed by atoms with Crippen LogP contribution in [-0.4, -0.2) is 36.7 Å². The van der Waals surface area contributed by atoms with Crippen molar-refractivity contribution in [2.24, 2.45) is 4.99 Å². The molecule has 0 bridgehead atoms. The number of methoxy groups -OCH3 is 1. The number of nitrogens with zero attached hydrogens (tertiary/aromatic N) is 1. The lowest BCUT2D eigenvalue weighted by Crippen LogP contribution is -2.36. The van der Waals surface area contributed by atoms with Crippen LogP contribution in [0.4, 0.5) is 0 Å². The van der Waals surface area contributed by atoms with Crippen LogP contribution in [-0.2, 0) is 0 Å². The topological polar surface area (TPSA) is 42.9 Å². The predicted molar refractivity (Wildman–Crippen MR) is 92.2 cm³/mol. The van der Waals surface area contributed by atoms with E-state index in [1.807, 2.05) is 36.0 Å². The fourth-order valence-corrected chi connectivity index (χ4v) is 3.85. The molecule has 0 amide bonds. The van der Waals surface area contributed by atoms with Crippen LogP contribution in [0.5, 0.6) is 11.5 Å². The van der Waals surface area contributed by atoms with Gasteiger partial charge in [0.05, 0.1) is 25.8 Å². The standard InChI is InChI=1S/C17H24N2O2S/c1-20-13-7-9-14(10-8-13)21-11-4-12-22-17-18-15-5-2-3-6-16(15)19-17/h7-10,15-16H,2-6,11-12H2,1H3,(H,18,19)/t15-,16-/m1/s1. The molecule has 1 aromatic carbocycles. The Hall–Kier alpha value is -1.36. The lowest BCUT2D eigenvalue weighted by molar-refractivity contribution is 0.318. The lowest BCUT2D eigenvalue weighted by atomic mass is 9.92. The number of ether oxygens (including phenoxy) is 2. The van der Waals surface area contributed by atoms with Crippen molar-refractivity contribution in [3.63, 3.8) is 0 Å². The molecule has 1 aliphatic carbocycles. The van der Waals surface area contributed by atoms with Crippen molar-refractivity contribution in [3.8, 4) is 11.5 Å². The fourth-order valence-electron chi connectivity index (χ4n) is 2.95. The second-order valence-corrected chi connectivity index (χ2v) is 6.85. The van der Waals surface area contributed by atoms with Gasteiger partial charge in [0.25, 0.3) is 0 Å². The molecule has 0 spiro atoms. The van der Waals surface area contributed by atoms with Crippen molar-refractivity contribution in [2.75, 3.05) is 19.5 Å².